The Morgan fingerprint density at radius 2 is 2.00 bits per heavy atom. The number of carbonyl (C=O) groups is 2. The number of amides is 1. The fraction of sp³-hybridized carbons (Fsp3) is 0.353. The fourth-order valence-electron chi connectivity index (χ4n) is 4.32. The van der Waals surface area contributed by atoms with Crippen LogP contribution < -0.4 is 10.6 Å². The lowest BCUT2D eigenvalue weighted by molar-refractivity contribution is -0.125. The molecule has 26 heavy (non-hydrogen) atoms. The van der Waals surface area contributed by atoms with Gasteiger partial charge in [-0.3, -0.25) is 9.59 Å². The summed E-state index contributed by atoms with van der Waals surface area (Å²) in [5, 5.41) is 17.2. The second kappa shape index (κ2) is 4.54. The van der Waals surface area contributed by atoms with E-state index in [1.165, 1.54) is 16.8 Å². The van der Waals surface area contributed by atoms with Gasteiger partial charge in [-0.25, -0.2) is 4.39 Å². The number of benzene rings is 1. The van der Waals surface area contributed by atoms with E-state index in [2.05, 4.69) is 26.2 Å². The van der Waals surface area contributed by atoms with Crippen LogP contribution >= 0.6 is 0 Å². The van der Waals surface area contributed by atoms with Gasteiger partial charge in [-0.1, -0.05) is 31.1 Å². The number of halogens is 1. The van der Waals surface area contributed by atoms with E-state index >= 15 is 0 Å². The molecule has 2 N–H and O–H groups in total. The molecule has 8 nitrogen and oxygen atoms in total. The molecule has 1 amide bonds. The Bertz CT molecular complexity index is 1040. The van der Waals surface area contributed by atoms with Gasteiger partial charge in [0.1, 0.15) is 5.82 Å². The molecule has 0 fully saturated rings. The maximum absolute atomic E-state index is 14.4. The molecule has 1 aromatic carbocycles. The highest BCUT2D eigenvalue weighted by atomic mass is 19.1. The van der Waals surface area contributed by atoms with Crippen molar-refractivity contribution in [1.29, 1.82) is 0 Å². The normalized spacial score (nSPS) is 25.5. The molecule has 1 spiro atoms. The molecule has 1 atom stereocenters. The molecule has 2 aliphatic heterocycles. The van der Waals surface area contributed by atoms with Crippen molar-refractivity contribution in [3.63, 3.8) is 0 Å². The molecule has 1 aliphatic carbocycles. The lowest BCUT2D eigenvalue weighted by atomic mass is 9.68. The van der Waals surface area contributed by atoms with Gasteiger partial charge in [0.2, 0.25) is 11.5 Å². The summed E-state index contributed by atoms with van der Waals surface area (Å²) < 4.78 is 15.6. The molecule has 0 radical (unpaired) electrons. The van der Waals surface area contributed by atoms with Crippen molar-refractivity contribution in [3.8, 4) is 0 Å². The fourth-order valence-corrected chi connectivity index (χ4v) is 4.32. The van der Waals surface area contributed by atoms with Crippen LogP contribution in [-0.4, -0.2) is 31.9 Å². The van der Waals surface area contributed by atoms with E-state index in [1.54, 1.807) is 6.07 Å². The molecule has 0 saturated carbocycles. The second-order valence-electron chi connectivity index (χ2n) is 7.66. The first-order chi connectivity index (χ1) is 12.3. The third-order valence-corrected chi connectivity index (χ3v) is 5.26. The topological polar surface area (TPSA) is 102 Å². The van der Waals surface area contributed by atoms with E-state index in [0.717, 1.165) is 0 Å². The minimum Gasteiger partial charge on any atom is -0.326 e. The number of hydrogen-bond donors (Lipinski definition) is 2. The van der Waals surface area contributed by atoms with Crippen LogP contribution in [0, 0.1) is 11.2 Å². The minimum atomic E-state index is -1.59. The summed E-state index contributed by atoms with van der Waals surface area (Å²) in [6, 6.07) is 4.41. The molecule has 3 heterocycles. The highest BCUT2D eigenvalue weighted by Crippen LogP contribution is 2.52. The first kappa shape index (κ1) is 15.2. The van der Waals surface area contributed by atoms with Crippen LogP contribution in [0.15, 0.2) is 29.5 Å². The average Bonchev–Trinajstić information content (AvgIpc) is 3.11. The molecule has 1 aromatic heterocycles. The van der Waals surface area contributed by atoms with Gasteiger partial charge < -0.3 is 10.6 Å². The Morgan fingerprint density at radius 3 is 2.81 bits per heavy atom. The quantitative estimate of drug-likeness (QED) is 0.745. The number of tetrazole rings is 1. The summed E-state index contributed by atoms with van der Waals surface area (Å²) in [4.78, 5) is 26.3. The molecule has 1 unspecified atom stereocenters. The lowest BCUT2D eigenvalue weighted by Crippen LogP contribution is -2.52. The molecule has 0 bridgehead atoms. The van der Waals surface area contributed by atoms with Gasteiger partial charge in [0, 0.05) is 17.7 Å². The van der Waals surface area contributed by atoms with Crippen LogP contribution in [0.3, 0.4) is 0 Å². The molecule has 5 rings (SSSR count). The van der Waals surface area contributed by atoms with Crippen molar-refractivity contribution >= 4 is 23.3 Å². The van der Waals surface area contributed by atoms with Gasteiger partial charge in [-0.15, -0.1) is 0 Å². The molecule has 0 saturated heterocycles. The number of ketones is 1. The smallest absolute Gasteiger partial charge is 0.262 e. The maximum atomic E-state index is 14.4. The lowest BCUT2D eigenvalue weighted by Gasteiger charge is -2.41. The van der Waals surface area contributed by atoms with Crippen LogP contribution in [0.25, 0.3) is 0 Å². The van der Waals surface area contributed by atoms with Gasteiger partial charge in [0.15, 0.2) is 5.78 Å². The van der Waals surface area contributed by atoms with Crippen molar-refractivity contribution in [2.24, 2.45) is 5.41 Å². The predicted octanol–water partition coefficient (Wildman–Crippen LogP) is 1.58. The first-order valence-corrected chi connectivity index (χ1v) is 8.28. The maximum Gasteiger partial charge on any atom is 0.262 e. The third kappa shape index (κ3) is 1.65. The summed E-state index contributed by atoms with van der Waals surface area (Å²) in [5.41, 5.74) is -0.549. The van der Waals surface area contributed by atoms with Gasteiger partial charge in [-0.2, -0.15) is 4.68 Å². The van der Waals surface area contributed by atoms with Crippen molar-refractivity contribution in [1.82, 2.24) is 20.2 Å². The monoisotopic (exact) mass is 354 g/mol. The summed E-state index contributed by atoms with van der Waals surface area (Å²) in [5.74, 6) is -1.02. The number of nitrogens with zero attached hydrogens (tertiary/aromatic N) is 4. The van der Waals surface area contributed by atoms with Gasteiger partial charge in [0.05, 0.1) is 11.3 Å². The van der Waals surface area contributed by atoms with Crippen LogP contribution in [0.5, 0.6) is 0 Å². The van der Waals surface area contributed by atoms with Crippen LogP contribution in [-0.2, 0) is 15.1 Å². The Balaban J connectivity index is 1.89. The Labute approximate surface area is 147 Å². The number of hydrogen-bond acceptors (Lipinski definition) is 6. The molecule has 3 aliphatic rings. The van der Waals surface area contributed by atoms with Crippen LogP contribution in [0.4, 0.5) is 16.0 Å². The average molecular weight is 354 g/mol. The Hall–Kier alpha value is -3.10. The zero-order valence-electron chi connectivity index (χ0n) is 14.1. The van der Waals surface area contributed by atoms with E-state index in [9.17, 15) is 14.0 Å². The number of Topliss-reactive ketones (excluding diaryl/α,β-unsaturated/α-hetero) is 1. The molecular weight excluding hydrogens is 339 g/mol. The second-order valence-corrected chi connectivity index (χ2v) is 7.66. The zero-order valence-corrected chi connectivity index (χ0v) is 14.1. The minimum absolute atomic E-state index is 0.0605. The van der Waals surface area contributed by atoms with E-state index in [-0.39, 0.29) is 29.3 Å². The van der Waals surface area contributed by atoms with Crippen molar-refractivity contribution in [2.75, 3.05) is 10.6 Å². The molecule has 2 aromatic rings. The first-order valence-electron chi connectivity index (χ1n) is 8.28. The number of rotatable bonds is 0. The number of aromatic nitrogens is 4. The van der Waals surface area contributed by atoms with Crippen LogP contribution in [0.2, 0.25) is 0 Å². The predicted molar refractivity (Wildman–Crippen MR) is 88.6 cm³/mol. The largest absolute Gasteiger partial charge is 0.326 e. The van der Waals surface area contributed by atoms with Gasteiger partial charge in [-0.05, 0) is 28.3 Å². The van der Waals surface area contributed by atoms with E-state index in [1.807, 2.05) is 13.8 Å². The number of nitrogens with one attached hydrogen (secondary N) is 2. The Kier molecular flexibility index (Phi) is 2.65. The highest BCUT2D eigenvalue weighted by Gasteiger charge is 2.60. The van der Waals surface area contributed by atoms with Crippen molar-refractivity contribution < 1.29 is 14.0 Å². The standard InChI is InChI=1S/C17H15FN6O2/c1-16(2)6-10-12(11(25)7-16)17(24-15(19-10)21-22-23-24)8-4-3-5-9(18)13(8)20-14(17)26/h3-5H,6-7H2,1-2H3,(H,20,26)(H,19,21,23). The van der Waals surface area contributed by atoms with Crippen molar-refractivity contribution in [2.45, 2.75) is 32.2 Å². The SMILES string of the molecule is CC1(C)CC(=O)C2=C(C1)Nc1nnnn1C21C(=O)Nc2c(F)cccc21. The van der Waals surface area contributed by atoms with Gasteiger partial charge in [0.25, 0.3) is 5.91 Å². The molecular formula is C17H15FN6O2. The van der Waals surface area contributed by atoms with Crippen molar-refractivity contribution in [3.05, 3.63) is 40.8 Å². The summed E-state index contributed by atoms with van der Waals surface area (Å²) in [6.45, 7) is 3.98. The summed E-state index contributed by atoms with van der Waals surface area (Å²) in [7, 11) is 0. The number of carbonyl (C=O) groups excluding carboxylic acids is 2. The Morgan fingerprint density at radius 1 is 1.19 bits per heavy atom. The van der Waals surface area contributed by atoms with Gasteiger partial charge >= 0.3 is 0 Å². The number of anilines is 2. The summed E-state index contributed by atoms with van der Waals surface area (Å²) >= 11 is 0. The van der Waals surface area contributed by atoms with E-state index in [0.29, 0.717) is 23.3 Å². The zero-order chi connectivity index (χ0) is 18.3. The number of allylic oxidation sites excluding steroid dienone is 1. The van der Waals surface area contributed by atoms with Crippen LogP contribution in [0.1, 0.15) is 32.3 Å². The number of para-hydroxylation sites is 1. The third-order valence-electron chi connectivity index (χ3n) is 5.26. The molecule has 9 heteroatoms. The summed E-state index contributed by atoms with van der Waals surface area (Å²) in [6.07, 6.45) is 0.839. The van der Waals surface area contributed by atoms with E-state index < -0.39 is 17.3 Å². The highest BCUT2D eigenvalue weighted by molar-refractivity contribution is 6.17. The molecule has 132 valence electrons. The number of fused-ring (bicyclic) bond motifs is 5. The van der Waals surface area contributed by atoms with E-state index in [4.69, 9.17) is 0 Å².